The minimum atomic E-state index is -3.12. The number of sulfone groups is 1. The van der Waals surface area contributed by atoms with Gasteiger partial charge in [-0.1, -0.05) is 19.8 Å². The molecule has 1 aliphatic rings. The summed E-state index contributed by atoms with van der Waals surface area (Å²) >= 11 is 0. The fraction of sp³-hybridized carbons (Fsp3) is 0.600. The van der Waals surface area contributed by atoms with E-state index < -0.39 is 9.84 Å². The molecule has 3 N–H and O–H groups in total. The summed E-state index contributed by atoms with van der Waals surface area (Å²) in [5.41, 5.74) is 7.05. The van der Waals surface area contributed by atoms with Crippen LogP contribution in [0.15, 0.2) is 29.2 Å². The summed E-state index contributed by atoms with van der Waals surface area (Å²) in [6.07, 6.45) is 5.18. The van der Waals surface area contributed by atoms with Crippen molar-refractivity contribution in [3.63, 3.8) is 0 Å². The Morgan fingerprint density at radius 2 is 1.85 bits per heavy atom. The first kappa shape index (κ1) is 15.3. The molecule has 20 heavy (non-hydrogen) atoms. The minimum Gasteiger partial charge on any atom is -0.381 e. The van der Waals surface area contributed by atoms with E-state index in [-0.39, 0.29) is 11.8 Å². The summed E-state index contributed by atoms with van der Waals surface area (Å²) in [4.78, 5) is 0.401. The molecule has 2 atom stereocenters. The molecule has 0 amide bonds. The summed E-state index contributed by atoms with van der Waals surface area (Å²) in [6, 6.07) is 7.52. The Hall–Kier alpha value is -1.07. The van der Waals surface area contributed by atoms with Crippen LogP contribution >= 0.6 is 0 Å². The first-order valence-corrected chi connectivity index (χ1v) is 9.03. The van der Waals surface area contributed by atoms with Gasteiger partial charge >= 0.3 is 0 Å². The fourth-order valence-corrected chi connectivity index (χ4v) is 4.02. The van der Waals surface area contributed by atoms with Gasteiger partial charge in [0, 0.05) is 17.8 Å². The van der Waals surface area contributed by atoms with Gasteiger partial charge in [0.05, 0.1) is 10.6 Å². The highest BCUT2D eigenvalue weighted by atomic mass is 32.2. The van der Waals surface area contributed by atoms with E-state index in [9.17, 15) is 8.42 Å². The van der Waals surface area contributed by atoms with Crippen LogP contribution in [0.5, 0.6) is 0 Å². The Bertz CT molecular complexity index is 525. The summed E-state index contributed by atoms with van der Waals surface area (Å²) in [5, 5.41) is 3.42. The molecule has 1 fully saturated rings. The molecular weight excluding hydrogens is 272 g/mol. The van der Waals surface area contributed by atoms with Crippen molar-refractivity contribution >= 4 is 15.5 Å². The van der Waals surface area contributed by atoms with E-state index >= 15 is 0 Å². The van der Waals surface area contributed by atoms with Gasteiger partial charge in [0.15, 0.2) is 9.84 Å². The Morgan fingerprint density at radius 1 is 1.20 bits per heavy atom. The zero-order valence-electron chi connectivity index (χ0n) is 12.0. The molecular formula is C15H24N2O2S. The van der Waals surface area contributed by atoms with Gasteiger partial charge in [0.25, 0.3) is 0 Å². The quantitative estimate of drug-likeness (QED) is 0.876. The van der Waals surface area contributed by atoms with E-state index in [4.69, 9.17) is 5.73 Å². The summed E-state index contributed by atoms with van der Waals surface area (Å²) in [7, 11) is -3.12. The van der Waals surface area contributed by atoms with Crippen molar-refractivity contribution in [1.82, 2.24) is 0 Å². The molecule has 1 aromatic carbocycles. The third-order valence-electron chi connectivity index (χ3n) is 3.86. The molecule has 1 aromatic rings. The highest BCUT2D eigenvalue weighted by Crippen LogP contribution is 2.22. The van der Waals surface area contributed by atoms with Gasteiger partial charge in [0.2, 0.25) is 0 Å². The second kappa shape index (κ2) is 6.59. The highest BCUT2D eigenvalue weighted by molar-refractivity contribution is 7.91. The Kier molecular flexibility index (Phi) is 5.05. The normalized spacial score (nSPS) is 23.5. The molecule has 0 aliphatic heterocycles. The predicted molar refractivity (Wildman–Crippen MR) is 82.6 cm³/mol. The van der Waals surface area contributed by atoms with Gasteiger partial charge in [0.1, 0.15) is 0 Å². The van der Waals surface area contributed by atoms with Crippen molar-refractivity contribution in [2.45, 2.75) is 56.0 Å². The van der Waals surface area contributed by atoms with Crippen molar-refractivity contribution in [1.29, 1.82) is 0 Å². The molecule has 0 heterocycles. The number of hydrogen-bond donors (Lipinski definition) is 2. The standard InChI is InChI=1S/C15H24N2O2S/c1-2-11-20(18,19)13-9-7-12(8-10-13)17-15-6-4-3-5-14(15)16/h7-10,14-15,17H,2-6,11,16H2,1H3. The van der Waals surface area contributed by atoms with Crippen molar-refractivity contribution in [3.05, 3.63) is 24.3 Å². The second-order valence-electron chi connectivity index (χ2n) is 5.54. The number of nitrogens with two attached hydrogens (primary N) is 1. The predicted octanol–water partition coefficient (Wildman–Crippen LogP) is 2.55. The fourth-order valence-electron chi connectivity index (χ4n) is 2.70. The maximum atomic E-state index is 11.9. The Labute approximate surface area is 121 Å². The van der Waals surface area contributed by atoms with E-state index in [1.807, 2.05) is 19.1 Å². The number of nitrogens with one attached hydrogen (secondary N) is 1. The third kappa shape index (κ3) is 3.73. The maximum absolute atomic E-state index is 11.9. The molecule has 1 saturated carbocycles. The van der Waals surface area contributed by atoms with E-state index in [0.29, 0.717) is 17.4 Å². The van der Waals surface area contributed by atoms with E-state index in [1.54, 1.807) is 12.1 Å². The highest BCUT2D eigenvalue weighted by Gasteiger charge is 2.21. The molecule has 0 aromatic heterocycles. The lowest BCUT2D eigenvalue weighted by atomic mass is 9.91. The van der Waals surface area contributed by atoms with Crippen LogP contribution in [0.3, 0.4) is 0 Å². The average Bonchev–Trinajstić information content (AvgIpc) is 2.42. The maximum Gasteiger partial charge on any atom is 0.178 e. The SMILES string of the molecule is CCCS(=O)(=O)c1ccc(NC2CCCCC2N)cc1. The Morgan fingerprint density at radius 3 is 2.45 bits per heavy atom. The number of rotatable bonds is 5. The first-order valence-electron chi connectivity index (χ1n) is 7.38. The Balaban J connectivity index is 2.05. The monoisotopic (exact) mass is 296 g/mol. The van der Waals surface area contributed by atoms with Crippen LogP contribution in [0.25, 0.3) is 0 Å². The smallest absolute Gasteiger partial charge is 0.178 e. The topological polar surface area (TPSA) is 72.2 Å². The van der Waals surface area contributed by atoms with E-state index in [1.165, 1.54) is 12.8 Å². The van der Waals surface area contributed by atoms with Gasteiger partial charge in [-0.05, 0) is 43.5 Å². The van der Waals surface area contributed by atoms with Crippen LogP contribution in [0.2, 0.25) is 0 Å². The summed E-state index contributed by atoms with van der Waals surface area (Å²) in [6.45, 7) is 1.87. The zero-order chi connectivity index (χ0) is 14.6. The molecule has 112 valence electrons. The zero-order valence-corrected chi connectivity index (χ0v) is 12.8. The second-order valence-corrected chi connectivity index (χ2v) is 7.65. The molecule has 2 unspecified atom stereocenters. The van der Waals surface area contributed by atoms with Crippen LogP contribution in [0.1, 0.15) is 39.0 Å². The lowest BCUT2D eigenvalue weighted by molar-refractivity contribution is 0.404. The third-order valence-corrected chi connectivity index (χ3v) is 5.79. The van der Waals surface area contributed by atoms with Gasteiger partial charge in [-0.2, -0.15) is 0 Å². The van der Waals surface area contributed by atoms with Crippen LogP contribution < -0.4 is 11.1 Å². The van der Waals surface area contributed by atoms with Crippen molar-refractivity contribution in [3.8, 4) is 0 Å². The molecule has 4 nitrogen and oxygen atoms in total. The average molecular weight is 296 g/mol. The minimum absolute atomic E-state index is 0.187. The lowest BCUT2D eigenvalue weighted by Crippen LogP contribution is -2.42. The van der Waals surface area contributed by atoms with E-state index in [2.05, 4.69) is 5.32 Å². The molecule has 2 rings (SSSR count). The van der Waals surface area contributed by atoms with Gasteiger partial charge < -0.3 is 11.1 Å². The number of anilines is 1. The van der Waals surface area contributed by atoms with Crippen LogP contribution in [-0.4, -0.2) is 26.3 Å². The first-order chi connectivity index (χ1) is 9.53. The molecule has 0 spiro atoms. The number of benzene rings is 1. The molecule has 0 radical (unpaired) electrons. The molecule has 1 aliphatic carbocycles. The van der Waals surface area contributed by atoms with Crippen molar-refractivity contribution in [2.75, 3.05) is 11.1 Å². The summed E-state index contributed by atoms with van der Waals surface area (Å²) in [5.74, 6) is 0.202. The van der Waals surface area contributed by atoms with Crippen LogP contribution in [0, 0.1) is 0 Å². The number of hydrogen-bond acceptors (Lipinski definition) is 4. The molecule has 0 bridgehead atoms. The van der Waals surface area contributed by atoms with E-state index in [0.717, 1.165) is 18.5 Å². The summed E-state index contributed by atoms with van der Waals surface area (Å²) < 4.78 is 23.9. The van der Waals surface area contributed by atoms with Crippen LogP contribution in [-0.2, 0) is 9.84 Å². The van der Waals surface area contributed by atoms with Crippen LogP contribution in [0.4, 0.5) is 5.69 Å². The van der Waals surface area contributed by atoms with Crippen molar-refractivity contribution < 1.29 is 8.42 Å². The van der Waals surface area contributed by atoms with Crippen molar-refractivity contribution in [2.24, 2.45) is 5.73 Å². The molecule has 5 heteroatoms. The lowest BCUT2D eigenvalue weighted by Gasteiger charge is -2.30. The van der Waals surface area contributed by atoms with Gasteiger partial charge in [-0.25, -0.2) is 8.42 Å². The largest absolute Gasteiger partial charge is 0.381 e. The van der Waals surface area contributed by atoms with Gasteiger partial charge in [-0.3, -0.25) is 0 Å². The molecule has 0 saturated heterocycles. The van der Waals surface area contributed by atoms with Gasteiger partial charge in [-0.15, -0.1) is 0 Å².